The average Bonchev–Trinajstić information content (AvgIpc) is 2.49. The number of halogens is 1. The van der Waals surface area contributed by atoms with Gasteiger partial charge in [0.25, 0.3) is 10.0 Å². The van der Waals surface area contributed by atoms with Crippen LogP contribution in [0.1, 0.15) is 0 Å². The number of aromatic nitrogens is 2. The Hall–Kier alpha value is -2.18. The van der Waals surface area contributed by atoms with Gasteiger partial charge in [-0.25, -0.2) is 13.4 Å². The highest BCUT2D eigenvalue weighted by atomic mass is 35.5. The van der Waals surface area contributed by atoms with Crippen LogP contribution in [0.25, 0.3) is 10.9 Å². The van der Waals surface area contributed by atoms with E-state index in [0.717, 1.165) is 0 Å². The van der Waals surface area contributed by atoms with Crippen molar-refractivity contribution in [3.63, 3.8) is 0 Å². The largest absolute Gasteiger partial charge is 0.263 e. The van der Waals surface area contributed by atoms with E-state index in [1.54, 1.807) is 42.6 Å². The zero-order valence-corrected chi connectivity index (χ0v) is 12.3. The van der Waals surface area contributed by atoms with E-state index in [9.17, 15) is 8.42 Å². The minimum Gasteiger partial charge on any atom is -0.262 e. The van der Waals surface area contributed by atoms with Crippen molar-refractivity contribution in [1.82, 2.24) is 9.97 Å². The van der Waals surface area contributed by atoms with Gasteiger partial charge < -0.3 is 0 Å². The summed E-state index contributed by atoms with van der Waals surface area (Å²) in [6.45, 7) is 0. The van der Waals surface area contributed by atoms with Crippen LogP contribution < -0.4 is 4.72 Å². The Morgan fingerprint density at radius 2 is 1.71 bits per heavy atom. The molecule has 7 heteroatoms. The average molecular weight is 320 g/mol. The summed E-state index contributed by atoms with van der Waals surface area (Å²) in [6, 6.07) is 11.5. The maximum absolute atomic E-state index is 12.5. The van der Waals surface area contributed by atoms with E-state index < -0.39 is 10.0 Å². The molecule has 0 bridgehead atoms. The molecule has 3 rings (SSSR count). The van der Waals surface area contributed by atoms with Crippen molar-refractivity contribution < 1.29 is 8.42 Å². The molecule has 5 nitrogen and oxygen atoms in total. The van der Waals surface area contributed by atoms with Crippen LogP contribution in [0.2, 0.25) is 5.02 Å². The molecule has 0 aliphatic rings. The molecule has 1 aromatic carbocycles. The van der Waals surface area contributed by atoms with E-state index in [1.807, 2.05) is 0 Å². The fourth-order valence-electron chi connectivity index (χ4n) is 1.95. The molecule has 21 heavy (non-hydrogen) atoms. The van der Waals surface area contributed by atoms with Crippen molar-refractivity contribution >= 4 is 38.3 Å². The topological polar surface area (TPSA) is 72.0 Å². The Morgan fingerprint density at radius 1 is 0.952 bits per heavy atom. The summed E-state index contributed by atoms with van der Waals surface area (Å²) in [5.41, 5.74) is 0.604. The minimum absolute atomic E-state index is 0.0973. The summed E-state index contributed by atoms with van der Waals surface area (Å²) < 4.78 is 27.5. The molecular weight excluding hydrogens is 310 g/mol. The van der Waals surface area contributed by atoms with Gasteiger partial charge in [0.15, 0.2) is 5.82 Å². The summed E-state index contributed by atoms with van der Waals surface area (Å²) in [5, 5.41) is 0.777. The van der Waals surface area contributed by atoms with Crippen molar-refractivity contribution in [3.8, 4) is 0 Å². The van der Waals surface area contributed by atoms with Gasteiger partial charge in [0.2, 0.25) is 0 Å². The number of hydrogen-bond acceptors (Lipinski definition) is 4. The van der Waals surface area contributed by atoms with E-state index >= 15 is 0 Å². The fraction of sp³-hybridized carbons (Fsp3) is 0. The van der Waals surface area contributed by atoms with Gasteiger partial charge in [-0.1, -0.05) is 17.7 Å². The van der Waals surface area contributed by atoms with Gasteiger partial charge in [-0.2, -0.15) is 0 Å². The molecule has 0 aliphatic heterocycles. The van der Waals surface area contributed by atoms with E-state index in [0.29, 0.717) is 10.9 Å². The number of hydrogen-bond donors (Lipinski definition) is 1. The fourth-order valence-corrected chi connectivity index (χ4v) is 3.42. The summed E-state index contributed by atoms with van der Waals surface area (Å²) >= 11 is 5.93. The Bertz CT molecular complexity index is 907. The number of nitrogens with one attached hydrogen (secondary N) is 1. The molecule has 0 radical (unpaired) electrons. The molecule has 3 aromatic rings. The summed E-state index contributed by atoms with van der Waals surface area (Å²) in [7, 11) is -3.80. The van der Waals surface area contributed by atoms with Crippen molar-refractivity contribution in [2.45, 2.75) is 4.90 Å². The maximum atomic E-state index is 12.5. The van der Waals surface area contributed by atoms with Crippen LogP contribution in [-0.4, -0.2) is 18.4 Å². The molecule has 2 heterocycles. The molecule has 0 spiro atoms. The first kappa shape index (κ1) is 13.8. The van der Waals surface area contributed by atoms with Crippen LogP contribution in [0.4, 0.5) is 5.82 Å². The number of benzene rings is 1. The van der Waals surface area contributed by atoms with Crippen LogP contribution in [0, 0.1) is 0 Å². The number of nitrogens with zero attached hydrogens (tertiary/aromatic N) is 2. The lowest BCUT2D eigenvalue weighted by Gasteiger charge is -2.10. The van der Waals surface area contributed by atoms with E-state index in [2.05, 4.69) is 14.7 Å². The van der Waals surface area contributed by atoms with Crippen LogP contribution in [0.3, 0.4) is 0 Å². The van der Waals surface area contributed by atoms with Crippen molar-refractivity contribution in [2.24, 2.45) is 0 Å². The molecule has 2 aromatic heterocycles. The maximum Gasteiger partial charge on any atom is 0.263 e. The SMILES string of the molecule is O=S(=O)(Nc1ncccc1Cl)c1cccc2ncccc12. The molecular formula is C14H10ClN3O2S. The van der Waals surface area contributed by atoms with E-state index in [1.165, 1.54) is 12.3 Å². The Kier molecular flexibility index (Phi) is 3.48. The highest BCUT2D eigenvalue weighted by Gasteiger charge is 2.19. The lowest BCUT2D eigenvalue weighted by atomic mass is 10.2. The predicted octanol–water partition coefficient (Wildman–Crippen LogP) is 3.08. The number of sulfonamides is 1. The normalized spacial score (nSPS) is 11.5. The van der Waals surface area contributed by atoms with Gasteiger partial charge >= 0.3 is 0 Å². The van der Waals surface area contributed by atoms with Gasteiger partial charge in [-0.3, -0.25) is 9.71 Å². The molecule has 0 fully saturated rings. The first-order chi connectivity index (χ1) is 10.1. The van der Waals surface area contributed by atoms with Gasteiger partial charge in [0.05, 0.1) is 15.4 Å². The highest BCUT2D eigenvalue weighted by Crippen LogP contribution is 2.25. The number of anilines is 1. The van der Waals surface area contributed by atoms with Crippen LogP contribution in [0.15, 0.2) is 59.8 Å². The molecule has 0 amide bonds. The summed E-state index contributed by atoms with van der Waals surface area (Å²) in [6.07, 6.45) is 3.08. The van der Waals surface area contributed by atoms with Gasteiger partial charge in [-0.05, 0) is 36.4 Å². The first-order valence-corrected chi connectivity index (χ1v) is 7.91. The third kappa shape index (κ3) is 2.68. The third-order valence-corrected chi connectivity index (χ3v) is 4.59. The van der Waals surface area contributed by atoms with Crippen molar-refractivity contribution in [2.75, 3.05) is 4.72 Å². The van der Waals surface area contributed by atoms with Gasteiger partial charge in [-0.15, -0.1) is 0 Å². The lowest BCUT2D eigenvalue weighted by molar-refractivity contribution is 0.602. The van der Waals surface area contributed by atoms with Crippen molar-refractivity contribution in [1.29, 1.82) is 0 Å². The third-order valence-electron chi connectivity index (χ3n) is 2.88. The molecule has 0 atom stereocenters. The Balaban J connectivity index is 2.11. The van der Waals surface area contributed by atoms with E-state index in [-0.39, 0.29) is 15.7 Å². The van der Waals surface area contributed by atoms with Crippen LogP contribution in [-0.2, 0) is 10.0 Å². The minimum atomic E-state index is -3.80. The predicted molar refractivity (Wildman–Crippen MR) is 81.8 cm³/mol. The molecule has 0 aliphatic carbocycles. The van der Waals surface area contributed by atoms with Crippen LogP contribution >= 0.6 is 11.6 Å². The number of fused-ring (bicyclic) bond motifs is 1. The van der Waals surface area contributed by atoms with Crippen molar-refractivity contribution in [3.05, 3.63) is 59.9 Å². The Labute approximate surface area is 126 Å². The monoisotopic (exact) mass is 319 g/mol. The highest BCUT2D eigenvalue weighted by molar-refractivity contribution is 7.93. The lowest BCUT2D eigenvalue weighted by Crippen LogP contribution is -2.14. The second-order valence-electron chi connectivity index (χ2n) is 4.27. The second kappa shape index (κ2) is 5.31. The smallest absolute Gasteiger partial charge is 0.262 e. The van der Waals surface area contributed by atoms with Gasteiger partial charge in [0, 0.05) is 17.8 Å². The first-order valence-electron chi connectivity index (χ1n) is 6.05. The molecule has 1 N–H and O–H groups in total. The molecule has 0 unspecified atom stereocenters. The van der Waals surface area contributed by atoms with E-state index in [4.69, 9.17) is 11.6 Å². The Morgan fingerprint density at radius 3 is 2.52 bits per heavy atom. The second-order valence-corrected chi connectivity index (χ2v) is 6.32. The zero-order valence-electron chi connectivity index (χ0n) is 10.7. The summed E-state index contributed by atoms with van der Waals surface area (Å²) in [4.78, 5) is 8.21. The quantitative estimate of drug-likeness (QED) is 0.805. The summed E-state index contributed by atoms with van der Waals surface area (Å²) in [5.74, 6) is 0.0973. The van der Waals surface area contributed by atoms with Gasteiger partial charge in [0.1, 0.15) is 0 Å². The zero-order chi connectivity index (χ0) is 14.9. The standard InChI is InChI=1S/C14H10ClN3O2S/c15-11-5-3-9-17-14(11)18-21(19,20)13-7-1-6-12-10(13)4-2-8-16-12/h1-9H,(H,17,18). The molecule has 0 saturated heterocycles. The number of rotatable bonds is 3. The molecule has 106 valence electrons. The molecule has 0 saturated carbocycles. The van der Waals surface area contributed by atoms with Crippen LogP contribution in [0.5, 0.6) is 0 Å². The number of pyridine rings is 2.